The van der Waals surface area contributed by atoms with Gasteiger partial charge >= 0.3 is 0 Å². The molecule has 386 valence electrons. The zero-order valence-corrected chi connectivity index (χ0v) is 45.7. The molecule has 0 aliphatic carbocycles. The molecular formula is C78H53N3S. The molecule has 0 N–H and O–H groups in total. The predicted molar refractivity (Wildman–Crippen MR) is 350 cm³/mol. The number of hydrogen-bond acceptors (Lipinski definition) is 3. The number of nitrogens with zero attached hydrogens (tertiary/aromatic N) is 3. The SMILES string of the molecule is c1ccc(-c2ccc(N(c3ccccc3)c3cc(-c4cccc(-c5cc6c7ccccc7n(-c7ccccc7)c6c6c5sc5ccccc56)c4)cc(N(c4ccc(-c5ccccc5)cc4)c4ccc(-c5ccccc5)cc4)c3)cc2)cc1. The molecule has 2 heterocycles. The van der Waals surface area contributed by atoms with Crippen LogP contribution in [0, 0.1) is 0 Å². The number of fused-ring (bicyclic) bond motifs is 7. The highest BCUT2D eigenvalue weighted by molar-refractivity contribution is 7.26. The smallest absolute Gasteiger partial charge is 0.0634 e. The van der Waals surface area contributed by atoms with Crippen LogP contribution in [0.4, 0.5) is 34.1 Å². The van der Waals surface area contributed by atoms with Crippen LogP contribution in [0.1, 0.15) is 0 Å². The summed E-state index contributed by atoms with van der Waals surface area (Å²) in [6.07, 6.45) is 0. The number of anilines is 6. The first-order chi connectivity index (χ1) is 40.7. The Labute approximate surface area is 481 Å². The Morgan fingerprint density at radius 3 is 1.21 bits per heavy atom. The zero-order chi connectivity index (χ0) is 54.3. The molecule has 82 heavy (non-hydrogen) atoms. The molecule has 0 saturated carbocycles. The van der Waals surface area contributed by atoms with E-state index >= 15 is 0 Å². The van der Waals surface area contributed by atoms with Crippen molar-refractivity contribution in [2.45, 2.75) is 0 Å². The van der Waals surface area contributed by atoms with Gasteiger partial charge in [-0.1, -0.05) is 218 Å². The standard InChI is InChI=1S/C78H53N3S/c1-6-21-54(22-7-1)57-37-43-65(44-38-57)79(63-29-12-4-13-30-63)68-50-62(51-69(52-68)80(66-45-39-58(40-46-66)55-23-8-2-9-24-55)67-47-41-59(42-48-67)56-25-10-3-11-26-56)60-27-20-28-61(49-60)72-53-73-70-33-16-18-35-74(70)81(64-31-14-5-15-32-64)77(73)76-71-34-17-19-36-75(71)82-78(72)76/h1-53H. The molecule has 0 radical (unpaired) electrons. The van der Waals surface area contributed by atoms with Crippen LogP contribution in [-0.2, 0) is 0 Å². The number of hydrogen-bond donors (Lipinski definition) is 0. The molecule has 0 fully saturated rings. The fourth-order valence-electron chi connectivity index (χ4n) is 12.1. The summed E-state index contributed by atoms with van der Waals surface area (Å²) in [7, 11) is 0. The summed E-state index contributed by atoms with van der Waals surface area (Å²) in [5.41, 5.74) is 21.5. The summed E-state index contributed by atoms with van der Waals surface area (Å²) < 4.78 is 5.03. The highest BCUT2D eigenvalue weighted by Crippen LogP contribution is 2.49. The van der Waals surface area contributed by atoms with Crippen LogP contribution >= 0.6 is 11.3 Å². The van der Waals surface area contributed by atoms with Crippen LogP contribution in [0.25, 0.3) is 103 Å². The lowest BCUT2D eigenvalue weighted by atomic mass is 9.95. The van der Waals surface area contributed by atoms with Crippen molar-refractivity contribution in [3.63, 3.8) is 0 Å². The molecule has 0 atom stereocenters. The Bertz CT molecular complexity index is 4660. The molecule has 0 aliphatic heterocycles. The van der Waals surface area contributed by atoms with Crippen molar-refractivity contribution in [1.82, 2.24) is 4.57 Å². The van der Waals surface area contributed by atoms with Gasteiger partial charge in [-0.25, -0.2) is 0 Å². The van der Waals surface area contributed by atoms with Crippen LogP contribution < -0.4 is 9.80 Å². The highest BCUT2D eigenvalue weighted by Gasteiger charge is 2.24. The second kappa shape index (κ2) is 20.9. The fraction of sp³-hybridized carbons (Fsp3) is 0. The largest absolute Gasteiger partial charge is 0.310 e. The van der Waals surface area contributed by atoms with E-state index in [0.29, 0.717) is 0 Å². The third-order valence-electron chi connectivity index (χ3n) is 15.9. The Morgan fingerprint density at radius 2 is 0.671 bits per heavy atom. The molecule has 4 heteroatoms. The normalized spacial score (nSPS) is 11.4. The molecule has 15 rings (SSSR count). The van der Waals surface area contributed by atoms with E-state index in [1.54, 1.807) is 0 Å². The van der Waals surface area contributed by atoms with Gasteiger partial charge in [-0.3, -0.25) is 0 Å². The summed E-state index contributed by atoms with van der Waals surface area (Å²) in [6.45, 7) is 0. The maximum Gasteiger partial charge on any atom is 0.0634 e. The van der Waals surface area contributed by atoms with Gasteiger partial charge in [0.25, 0.3) is 0 Å². The van der Waals surface area contributed by atoms with Gasteiger partial charge in [0.05, 0.1) is 11.0 Å². The summed E-state index contributed by atoms with van der Waals surface area (Å²) >= 11 is 1.89. The Kier molecular flexibility index (Phi) is 12.4. The Hall–Kier alpha value is -10.5. The molecule has 13 aromatic carbocycles. The van der Waals surface area contributed by atoms with Crippen LogP contribution in [0.2, 0.25) is 0 Å². The van der Waals surface area contributed by atoms with E-state index in [0.717, 1.165) is 50.9 Å². The molecule has 0 aliphatic rings. The van der Waals surface area contributed by atoms with E-state index in [1.165, 1.54) is 86.5 Å². The van der Waals surface area contributed by atoms with E-state index in [-0.39, 0.29) is 0 Å². The molecule has 0 saturated heterocycles. The molecule has 0 bridgehead atoms. The van der Waals surface area contributed by atoms with Crippen molar-refractivity contribution in [1.29, 1.82) is 0 Å². The van der Waals surface area contributed by atoms with Crippen molar-refractivity contribution in [3.05, 3.63) is 322 Å². The Balaban J connectivity index is 0.957. The third kappa shape index (κ3) is 8.89. The van der Waals surface area contributed by atoms with Crippen LogP contribution in [0.15, 0.2) is 322 Å². The average molecular weight is 1060 g/mol. The van der Waals surface area contributed by atoms with E-state index in [2.05, 4.69) is 336 Å². The van der Waals surface area contributed by atoms with Gasteiger partial charge in [0, 0.05) is 76.3 Å². The van der Waals surface area contributed by atoms with Crippen LogP contribution in [-0.4, -0.2) is 4.57 Å². The number of rotatable bonds is 12. The van der Waals surface area contributed by atoms with E-state index < -0.39 is 0 Å². The summed E-state index contributed by atoms with van der Waals surface area (Å²) in [4.78, 5) is 4.82. The monoisotopic (exact) mass is 1060 g/mol. The van der Waals surface area contributed by atoms with Gasteiger partial charge < -0.3 is 14.4 Å². The van der Waals surface area contributed by atoms with Crippen molar-refractivity contribution in [2.75, 3.05) is 9.80 Å². The second-order valence-corrected chi connectivity index (χ2v) is 21.9. The lowest BCUT2D eigenvalue weighted by molar-refractivity contribution is 1.19. The number of benzene rings is 13. The van der Waals surface area contributed by atoms with Gasteiger partial charge in [-0.2, -0.15) is 0 Å². The lowest BCUT2D eigenvalue weighted by Crippen LogP contribution is -2.13. The fourth-order valence-corrected chi connectivity index (χ4v) is 13.3. The van der Waals surface area contributed by atoms with Crippen molar-refractivity contribution < 1.29 is 0 Å². The second-order valence-electron chi connectivity index (χ2n) is 20.9. The topological polar surface area (TPSA) is 11.4 Å². The summed E-state index contributed by atoms with van der Waals surface area (Å²) in [5, 5.41) is 5.03. The molecule has 15 aromatic rings. The number of para-hydroxylation sites is 3. The molecule has 3 nitrogen and oxygen atoms in total. The maximum absolute atomic E-state index is 2.48. The number of aromatic nitrogens is 1. The minimum atomic E-state index is 1.03. The minimum Gasteiger partial charge on any atom is -0.310 e. The molecule has 2 aromatic heterocycles. The van der Waals surface area contributed by atoms with Crippen molar-refractivity contribution >= 4 is 87.4 Å². The van der Waals surface area contributed by atoms with E-state index in [9.17, 15) is 0 Å². The predicted octanol–water partition coefficient (Wildman–Crippen LogP) is 22.4. The van der Waals surface area contributed by atoms with Gasteiger partial charge in [0.2, 0.25) is 0 Å². The lowest BCUT2D eigenvalue weighted by Gasteiger charge is -2.30. The van der Waals surface area contributed by atoms with Gasteiger partial charge in [-0.15, -0.1) is 11.3 Å². The quantitative estimate of drug-likeness (QED) is 0.121. The van der Waals surface area contributed by atoms with Gasteiger partial charge in [-0.05, 0) is 153 Å². The Morgan fingerprint density at radius 1 is 0.256 bits per heavy atom. The third-order valence-corrected chi connectivity index (χ3v) is 17.1. The summed E-state index contributed by atoms with van der Waals surface area (Å²) in [6, 6.07) is 117. The maximum atomic E-state index is 2.48. The first-order valence-electron chi connectivity index (χ1n) is 28.0. The highest BCUT2D eigenvalue weighted by atomic mass is 32.1. The zero-order valence-electron chi connectivity index (χ0n) is 44.8. The molecule has 0 amide bonds. The van der Waals surface area contributed by atoms with E-state index in [1.807, 2.05) is 11.3 Å². The van der Waals surface area contributed by atoms with Crippen molar-refractivity contribution in [2.24, 2.45) is 0 Å². The minimum absolute atomic E-state index is 1.03. The van der Waals surface area contributed by atoms with Gasteiger partial charge in [0.15, 0.2) is 0 Å². The van der Waals surface area contributed by atoms with Gasteiger partial charge in [0.1, 0.15) is 0 Å². The number of thiophene rings is 1. The molecule has 0 unspecified atom stereocenters. The van der Waals surface area contributed by atoms with Crippen LogP contribution in [0.5, 0.6) is 0 Å². The first kappa shape index (κ1) is 48.6. The molecule has 0 spiro atoms. The van der Waals surface area contributed by atoms with Crippen molar-refractivity contribution in [3.8, 4) is 61.3 Å². The van der Waals surface area contributed by atoms with Crippen LogP contribution in [0.3, 0.4) is 0 Å². The first-order valence-corrected chi connectivity index (χ1v) is 28.8. The summed E-state index contributed by atoms with van der Waals surface area (Å²) in [5.74, 6) is 0. The molecular weight excluding hydrogens is 1010 g/mol. The average Bonchev–Trinajstić information content (AvgIpc) is 3.46. The van der Waals surface area contributed by atoms with E-state index in [4.69, 9.17) is 0 Å².